The summed E-state index contributed by atoms with van der Waals surface area (Å²) in [6.45, 7) is 4.80. The van der Waals surface area contributed by atoms with Gasteiger partial charge in [-0.15, -0.1) is 0 Å². The maximum atomic E-state index is 12.8. The molecule has 1 aliphatic rings. The van der Waals surface area contributed by atoms with E-state index < -0.39 is 10.0 Å². The number of hydrogen-bond acceptors (Lipinski definition) is 3. The van der Waals surface area contributed by atoms with Crippen LogP contribution in [0.15, 0.2) is 41.3 Å². The molecule has 116 valence electrons. The lowest BCUT2D eigenvalue weighted by atomic mass is 10.0. The summed E-state index contributed by atoms with van der Waals surface area (Å²) in [7, 11) is -3.46. The first-order valence-corrected chi connectivity index (χ1v) is 8.76. The molecule has 0 fully saturated rings. The van der Waals surface area contributed by atoms with Crippen molar-refractivity contribution in [2.75, 3.05) is 12.3 Å². The normalized spacial score (nSPS) is 15.5. The quantitative estimate of drug-likeness (QED) is 0.866. The van der Waals surface area contributed by atoms with Gasteiger partial charge in [0.15, 0.2) is 0 Å². The van der Waals surface area contributed by atoms with Crippen molar-refractivity contribution in [3.05, 3.63) is 58.7 Å². The summed E-state index contributed by atoms with van der Waals surface area (Å²) < 4.78 is 27.2. The summed E-state index contributed by atoms with van der Waals surface area (Å²) in [4.78, 5) is 0.364. The van der Waals surface area contributed by atoms with Gasteiger partial charge in [0.25, 0.3) is 0 Å². The molecular formula is C17H20N2O2S. The van der Waals surface area contributed by atoms with Crippen molar-refractivity contribution >= 4 is 15.7 Å². The molecule has 0 bridgehead atoms. The Morgan fingerprint density at radius 3 is 2.50 bits per heavy atom. The van der Waals surface area contributed by atoms with Gasteiger partial charge in [0, 0.05) is 18.8 Å². The van der Waals surface area contributed by atoms with Crippen LogP contribution in [0.25, 0.3) is 0 Å². The van der Waals surface area contributed by atoms with Crippen LogP contribution in [0, 0.1) is 13.8 Å². The summed E-state index contributed by atoms with van der Waals surface area (Å²) in [5.74, 6) is 0. The highest BCUT2D eigenvalue weighted by Gasteiger charge is 2.28. The molecule has 2 aromatic rings. The highest BCUT2D eigenvalue weighted by Crippen LogP contribution is 2.27. The molecule has 0 unspecified atom stereocenters. The van der Waals surface area contributed by atoms with E-state index in [1.54, 1.807) is 16.4 Å². The Morgan fingerprint density at radius 2 is 1.77 bits per heavy atom. The van der Waals surface area contributed by atoms with E-state index in [4.69, 9.17) is 5.73 Å². The fraction of sp³-hybridized carbons (Fsp3) is 0.294. The van der Waals surface area contributed by atoms with Crippen LogP contribution < -0.4 is 5.73 Å². The summed E-state index contributed by atoms with van der Waals surface area (Å²) in [6, 6.07) is 11.0. The average Bonchev–Trinajstić information content (AvgIpc) is 2.49. The smallest absolute Gasteiger partial charge is 0.243 e. The number of benzene rings is 2. The van der Waals surface area contributed by atoms with Crippen molar-refractivity contribution in [3.63, 3.8) is 0 Å². The van der Waals surface area contributed by atoms with E-state index in [1.807, 2.05) is 38.1 Å². The third-order valence-electron chi connectivity index (χ3n) is 4.32. The van der Waals surface area contributed by atoms with Crippen molar-refractivity contribution in [1.82, 2.24) is 4.31 Å². The molecule has 0 aliphatic carbocycles. The molecule has 0 saturated carbocycles. The number of fused-ring (bicyclic) bond motifs is 1. The molecule has 22 heavy (non-hydrogen) atoms. The Hall–Kier alpha value is -1.85. The minimum absolute atomic E-state index is 0.364. The Labute approximate surface area is 131 Å². The number of nitrogen functional groups attached to an aromatic ring is 1. The minimum atomic E-state index is -3.46. The van der Waals surface area contributed by atoms with Crippen LogP contribution in [0.4, 0.5) is 5.69 Å². The molecule has 3 rings (SSSR count). The van der Waals surface area contributed by atoms with E-state index in [0.29, 0.717) is 23.7 Å². The first-order chi connectivity index (χ1) is 10.4. The first kappa shape index (κ1) is 15.1. The second kappa shape index (κ2) is 5.41. The Balaban J connectivity index is 1.95. The number of anilines is 1. The predicted molar refractivity (Wildman–Crippen MR) is 88.1 cm³/mol. The van der Waals surface area contributed by atoms with Gasteiger partial charge in [-0.25, -0.2) is 8.42 Å². The summed E-state index contributed by atoms with van der Waals surface area (Å²) >= 11 is 0. The third-order valence-corrected chi connectivity index (χ3v) is 6.16. The number of nitrogens with two attached hydrogens (primary N) is 1. The van der Waals surface area contributed by atoms with Crippen molar-refractivity contribution in [2.24, 2.45) is 0 Å². The largest absolute Gasteiger partial charge is 0.399 e. The molecular weight excluding hydrogens is 296 g/mol. The second-order valence-electron chi connectivity index (χ2n) is 5.86. The standard InChI is InChI=1S/C17H20N2O2S/c1-12-3-6-17(9-13(12)2)22(20,21)19-8-7-14-4-5-16(18)10-15(14)11-19/h3-6,9-10H,7-8,11,18H2,1-2H3. The molecule has 2 aromatic carbocycles. The molecule has 0 saturated heterocycles. The maximum Gasteiger partial charge on any atom is 0.243 e. The molecule has 0 spiro atoms. The third kappa shape index (κ3) is 2.62. The van der Waals surface area contributed by atoms with Gasteiger partial charge in [0.2, 0.25) is 10.0 Å². The molecule has 0 radical (unpaired) electrons. The van der Waals surface area contributed by atoms with Gasteiger partial charge in [0.1, 0.15) is 0 Å². The first-order valence-electron chi connectivity index (χ1n) is 7.32. The lowest BCUT2D eigenvalue weighted by Gasteiger charge is -2.28. The molecule has 1 heterocycles. The highest BCUT2D eigenvalue weighted by atomic mass is 32.2. The van der Waals surface area contributed by atoms with Crippen LogP contribution in [0.5, 0.6) is 0 Å². The van der Waals surface area contributed by atoms with Gasteiger partial charge in [-0.1, -0.05) is 12.1 Å². The number of nitrogens with zero attached hydrogens (tertiary/aromatic N) is 1. The number of hydrogen-bond donors (Lipinski definition) is 1. The van der Waals surface area contributed by atoms with Gasteiger partial charge >= 0.3 is 0 Å². The van der Waals surface area contributed by atoms with Crippen LogP contribution in [0.2, 0.25) is 0 Å². The minimum Gasteiger partial charge on any atom is -0.399 e. The average molecular weight is 316 g/mol. The van der Waals surface area contributed by atoms with E-state index in [-0.39, 0.29) is 0 Å². The fourth-order valence-corrected chi connectivity index (χ4v) is 4.28. The topological polar surface area (TPSA) is 63.4 Å². The van der Waals surface area contributed by atoms with E-state index in [2.05, 4.69) is 0 Å². The number of rotatable bonds is 2. The molecule has 5 heteroatoms. The van der Waals surface area contributed by atoms with Gasteiger partial charge in [-0.3, -0.25) is 0 Å². The van der Waals surface area contributed by atoms with Crippen molar-refractivity contribution in [3.8, 4) is 0 Å². The zero-order valence-electron chi connectivity index (χ0n) is 12.8. The maximum absolute atomic E-state index is 12.8. The Bertz CT molecular complexity index is 829. The van der Waals surface area contributed by atoms with Crippen LogP contribution in [-0.2, 0) is 23.0 Å². The Morgan fingerprint density at radius 1 is 1.00 bits per heavy atom. The molecule has 0 aromatic heterocycles. The highest BCUT2D eigenvalue weighted by molar-refractivity contribution is 7.89. The van der Waals surface area contributed by atoms with Crippen LogP contribution in [0.3, 0.4) is 0 Å². The van der Waals surface area contributed by atoms with E-state index in [9.17, 15) is 8.42 Å². The van der Waals surface area contributed by atoms with Gasteiger partial charge in [-0.2, -0.15) is 4.31 Å². The van der Waals surface area contributed by atoms with Crippen molar-refractivity contribution < 1.29 is 8.42 Å². The number of aryl methyl sites for hydroxylation is 2. The van der Waals surface area contributed by atoms with Crippen LogP contribution in [-0.4, -0.2) is 19.3 Å². The van der Waals surface area contributed by atoms with E-state index in [1.165, 1.54) is 5.56 Å². The fourth-order valence-electron chi connectivity index (χ4n) is 2.78. The molecule has 1 aliphatic heterocycles. The zero-order valence-corrected chi connectivity index (χ0v) is 13.7. The summed E-state index contributed by atoms with van der Waals surface area (Å²) in [5.41, 5.74) is 10.7. The van der Waals surface area contributed by atoms with E-state index >= 15 is 0 Å². The molecule has 0 atom stereocenters. The van der Waals surface area contributed by atoms with Gasteiger partial charge in [0.05, 0.1) is 4.90 Å². The zero-order chi connectivity index (χ0) is 15.9. The Kier molecular flexibility index (Phi) is 3.70. The lowest BCUT2D eigenvalue weighted by molar-refractivity contribution is 0.391. The number of sulfonamides is 1. The lowest BCUT2D eigenvalue weighted by Crippen LogP contribution is -2.36. The summed E-state index contributed by atoms with van der Waals surface area (Å²) in [5, 5.41) is 0. The monoisotopic (exact) mass is 316 g/mol. The second-order valence-corrected chi connectivity index (χ2v) is 7.80. The van der Waals surface area contributed by atoms with Crippen molar-refractivity contribution in [2.45, 2.75) is 31.7 Å². The SMILES string of the molecule is Cc1ccc(S(=O)(=O)N2CCc3ccc(N)cc3C2)cc1C. The summed E-state index contributed by atoms with van der Waals surface area (Å²) in [6.07, 6.45) is 0.722. The van der Waals surface area contributed by atoms with Crippen LogP contribution >= 0.6 is 0 Å². The predicted octanol–water partition coefficient (Wildman–Crippen LogP) is 2.63. The van der Waals surface area contributed by atoms with Crippen molar-refractivity contribution in [1.29, 1.82) is 0 Å². The molecule has 2 N–H and O–H groups in total. The molecule has 4 nitrogen and oxygen atoms in total. The van der Waals surface area contributed by atoms with Gasteiger partial charge < -0.3 is 5.73 Å². The van der Waals surface area contributed by atoms with Crippen LogP contribution in [0.1, 0.15) is 22.3 Å². The van der Waals surface area contributed by atoms with E-state index in [0.717, 1.165) is 23.1 Å². The molecule has 0 amide bonds. The van der Waals surface area contributed by atoms with Gasteiger partial charge in [-0.05, 0) is 66.8 Å².